The first kappa shape index (κ1) is 30.1. The third kappa shape index (κ3) is 15.1. The molecule has 0 bridgehead atoms. The Labute approximate surface area is 208 Å². The zero-order valence-corrected chi connectivity index (χ0v) is 21.9. The Morgan fingerprint density at radius 3 is 2.03 bits per heavy atom. The van der Waals surface area contributed by atoms with Crippen LogP contribution in [0.5, 0.6) is 0 Å². The van der Waals surface area contributed by atoms with Gasteiger partial charge >= 0.3 is 0 Å². The minimum absolute atomic E-state index is 0.117. The van der Waals surface area contributed by atoms with Crippen LogP contribution >= 0.6 is 0 Å². The fraction of sp³-hybridized carbons (Fsp3) is 0.815. The van der Waals surface area contributed by atoms with Gasteiger partial charge in [0, 0.05) is 37.9 Å². The number of hydrogen-bond donors (Lipinski definition) is 3. The topological polar surface area (TPSA) is 102 Å². The lowest BCUT2D eigenvalue weighted by molar-refractivity contribution is -0.125. The molecular weight excluding hydrogens is 426 g/mol. The van der Waals surface area contributed by atoms with E-state index < -0.39 is 6.04 Å². The highest BCUT2D eigenvalue weighted by Gasteiger charge is 2.18. The maximum Gasteiger partial charge on any atom is 0.236 e. The second-order valence-corrected chi connectivity index (χ2v) is 9.59. The zero-order chi connectivity index (χ0) is 24.9. The van der Waals surface area contributed by atoms with E-state index in [1.54, 1.807) is 12.5 Å². The lowest BCUT2D eigenvalue weighted by Crippen LogP contribution is -2.41. The molecule has 2 unspecified atom stereocenters. The van der Waals surface area contributed by atoms with Crippen molar-refractivity contribution in [2.75, 3.05) is 13.1 Å². The molecule has 0 spiro atoms. The molecule has 196 valence electrons. The second-order valence-electron chi connectivity index (χ2n) is 9.59. The van der Waals surface area contributed by atoms with Gasteiger partial charge in [-0.05, 0) is 32.1 Å². The predicted octanol–water partition coefficient (Wildman–Crippen LogP) is 4.95. The molecule has 0 radical (unpaired) electrons. The molecule has 7 nitrogen and oxygen atoms in total. The number of amides is 2. The summed E-state index contributed by atoms with van der Waals surface area (Å²) in [6.07, 6.45) is 21.9. The average molecular weight is 478 g/mol. The number of nitrogens with one attached hydrogen (secondary N) is 2. The summed E-state index contributed by atoms with van der Waals surface area (Å²) in [4.78, 5) is 29.0. The van der Waals surface area contributed by atoms with Crippen molar-refractivity contribution in [3.05, 3.63) is 18.7 Å². The van der Waals surface area contributed by atoms with E-state index in [4.69, 9.17) is 5.73 Å². The smallest absolute Gasteiger partial charge is 0.236 e. The fourth-order valence-corrected chi connectivity index (χ4v) is 4.23. The highest BCUT2D eigenvalue weighted by molar-refractivity contribution is 5.81. The maximum atomic E-state index is 12.8. The van der Waals surface area contributed by atoms with Gasteiger partial charge in [0.1, 0.15) is 0 Å². The summed E-state index contributed by atoms with van der Waals surface area (Å²) in [6.45, 7) is 6.45. The van der Waals surface area contributed by atoms with Crippen LogP contribution in [0.3, 0.4) is 0 Å². The van der Waals surface area contributed by atoms with Gasteiger partial charge in [-0.25, -0.2) is 4.98 Å². The molecule has 1 aromatic heterocycles. The van der Waals surface area contributed by atoms with E-state index in [0.717, 1.165) is 45.1 Å². The van der Waals surface area contributed by atoms with Crippen molar-refractivity contribution in [3.63, 3.8) is 0 Å². The molecule has 2 atom stereocenters. The van der Waals surface area contributed by atoms with Gasteiger partial charge in [-0.2, -0.15) is 0 Å². The Morgan fingerprint density at radius 1 is 0.794 bits per heavy atom. The van der Waals surface area contributed by atoms with Gasteiger partial charge in [0.25, 0.3) is 0 Å². The van der Waals surface area contributed by atoms with Crippen LogP contribution in [0.4, 0.5) is 0 Å². The summed E-state index contributed by atoms with van der Waals surface area (Å²) in [6, 6.07) is -0.530. The molecule has 0 aliphatic carbocycles. The van der Waals surface area contributed by atoms with Crippen molar-refractivity contribution in [2.45, 2.75) is 123 Å². The van der Waals surface area contributed by atoms with Crippen LogP contribution in [0.15, 0.2) is 18.7 Å². The standard InChI is InChI=1S/C27H51N5O2/c1-3-5-7-9-10-12-16-24(15-11-8-6-4-2)26(33)30-18-13-17-25(28)27(34)31-19-14-21-32-22-20-29-23-32/h20,22-25H,3-19,21,28H2,1-2H3,(H,30,33)(H,31,34). The Bertz CT molecular complexity index is 621. The molecule has 0 aliphatic heterocycles. The van der Waals surface area contributed by atoms with Crippen molar-refractivity contribution >= 4 is 11.8 Å². The third-order valence-electron chi connectivity index (χ3n) is 6.46. The first-order valence-corrected chi connectivity index (χ1v) is 13.8. The molecule has 34 heavy (non-hydrogen) atoms. The van der Waals surface area contributed by atoms with Crippen molar-refractivity contribution < 1.29 is 9.59 Å². The molecule has 0 aromatic carbocycles. The SMILES string of the molecule is CCCCCCCCC(CCCCCC)C(=O)NCCCC(N)C(=O)NCCCn1ccnc1. The van der Waals surface area contributed by atoms with Crippen LogP contribution in [-0.4, -0.2) is 40.5 Å². The predicted molar refractivity (Wildman–Crippen MR) is 140 cm³/mol. The van der Waals surface area contributed by atoms with Gasteiger partial charge in [0.15, 0.2) is 0 Å². The molecule has 0 fully saturated rings. The molecule has 0 saturated heterocycles. The third-order valence-corrected chi connectivity index (χ3v) is 6.46. The van der Waals surface area contributed by atoms with Gasteiger partial charge in [-0.15, -0.1) is 0 Å². The Kier molecular flexibility index (Phi) is 18.2. The summed E-state index contributed by atoms with van der Waals surface area (Å²) in [5.74, 6) is 0.187. The number of unbranched alkanes of at least 4 members (excludes halogenated alkanes) is 8. The highest BCUT2D eigenvalue weighted by atomic mass is 16.2. The van der Waals surface area contributed by atoms with E-state index in [-0.39, 0.29) is 17.7 Å². The minimum Gasteiger partial charge on any atom is -0.356 e. The van der Waals surface area contributed by atoms with Crippen molar-refractivity contribution in [1.29, 1.82) is 0 Å². The van der Waals surface area contributed by atoms with Crippen molar-refractivity contribution in [3.8, 4) is 0 Å². The molecule has 2 amide bonds. The van der Waals surface area contributed by atoms with Crippen LogP contribution in [0, 0.1) is 5.92 Å². The van der Waals surface area contributed by atoms with E-state index in [2.05, 4.69) is 29.5 Å². The first-order valence-electron chi connectivity index (χ1n) is 13.8. The number of imidazole rings is 1. The van der Waals surface area contributed by atoms with Crippen LogP contribution in [-0.2, 0) is 16.1 Å². The number of aryl methyl sites for hydroxylation is 1. The summed E-state index contributed by atoms with van der Waals surface area (Å²) < 4.78 is 1.98. The number of hydrogen-bond acceptors (Lipinski definition) is 4. The number of carbonyl (C=O) groups is 2. The fourth-order valence-electron chi connectivity index (χ4n) is 4.23. The molecule has 0 saturated carbocycles. The monoisotopic (exact) mass is 477 g/mol. The summed E-state index contributed by atoms with van der Waals surface area (Å²) in [5.41, 5.74) is 6.04. The lowest BCUT2D eigenvalue weighted by atomic mass is 9.93. The summed E-state index contributed by atoms with van der Waals surface area (Å²) in [5, 5.41) is 6.01. The van der Waals surface area contributed by atoms with Crippen LogP contribution in [0.2, 0.25) is 0 Å². The Hall–Kier alpha value is -1.89. The minimum atomic E-state index is -0.530. The molecule has 1 heterocycles. The normalized spacial score (nSPS) is 12.9. The van der Waals surface area contributed by atoms with Gasteiger partial charge in [-0.1, -0.05) is 78.1 Å². The van der Waals surface area contributed by atoms with Crippen LogP contribution in [0.25, 0.3) is 0 Å². The van der Waals surface area contributed by atoms with Crippen LogP contribution < -0.4 is 16.4 Å². The maximum absolute atomic E-state index is 12.8. The van der Waals surface area contributed by atoms with E-state index >= 15 is 0 Å². The van der Waals surface area contributed by atoms with Crippen molar-refractivity contribution in [1.82, 2.24) is 20.2 Å². The molecule has 1 aromatic rings. The van der Waals surface area contributed by atoms with Gasteiger partial charge in [-0.3, -0.25) is 9.59 Å². The summed E-state index contributed by atoms with van der Waals surface area (Å²) >= 11 is 0. The van der Waals surface area contributed by atoms with Gasteiger partial charge in [0.2, 0.25) is 11.8 Å². The first-order chi connectivity index (χ1) is 16.6. The largest absolute Gasteiger partial charge is 0.356 e. The number of rotatable bonds is 22. The molecule has 7 heteroatoms. The molecule has 1 rings (SSSR count). The Morgan fingerprint density at radius 2 is 1.38 bits per heavy atom. The zero-order valence-electron chi connectivity index (χ0n) is 21.9. The molecule has 4 N–H and O–H groups in total. The van der Waals surface area contributed by atoms with Gasteiger partial charge in [0.05, 0.1) is 12.4 Å². The van der Waals surface area contributed by atoms with E-state index in [0.29, 0.717) is 19.5 Å². The number of nitrogens with zero attached hydrogens (tertiary/aromatic N) is 2. The molecule has 0 aliphatic rings. The second kappa shape index (κ2) is 20.5. The number of carbonyl (C=O) groups excluding carboxylic acids is 2. The number of aromatic nitrogens is 2. The van der Waals surface area contributed by atoms with Crippen LogP contribution in [0.1, 0.15) is 110 Å². The van der Waals surface area contributed by atoms with E-state index in [9.17, 15) is 9.59 Å². The van der Waals surface area contributed by atoms with E-state index in [1.807, 2.05) is 10.8 Å². The van der Waals surface area contributed by atoms with Gasteiger partial charge < -0.3 is 20.9 Å². The quantitative estimate of drug-likeness (QED) is 0.206. The van der Waals surface area contributed by atoms with E-state index in [1.165, 1.54) is 51.4 Å². The molecular formula is C27H51N5O2. The highest BCUT2D eigenvalue weighted by Crippen LogP contribution is 2.19. The van der Waals surface area contributed by atoms with Crippen molar-refractivity contribution in [2.24, 2.45) is 11.7 Å². The Balaban J connectivity index is 2.21. The lowest BCUT2D eigenvalue weighted by Gasteiger charge is -2.17. The number of nitrogens with two attached hydrogens (primary N) is 1. The summed E-state index contributed by atoms with van der Waals surface area (Å²) in [7, 11) is 0. The average Bonchev–Trinajstić information content (AvgIpc) is 3.36.